The molecule has 0 aliphatic carbocycles. The van der Waals surface area contributed by atoms with E-state index >= 15 is 0 Å². The average Bonchev–Trinajstić information content (AvgIpc) is 2.57. The molecule has 0 spiro atoms. The van der Waals surface area contributed by atoms with Gasteiger partial charge in [-0.3, -0.25) is 9.59 Å². The minimum atomic E-state index is -4.53. The fraction of sp³-hybridized carbons (Fsp3) is 0.263. The van der Waals surface area contributed by atoms with Crippen molar-refractivity contribution in [2.24, 2.45) is 0 Å². The van der Waals surface area contributed by atoms with E-state index < -0.39 is 30.5 Å². The Morgan fingerprint density at radius 2 is 1.67 bits per heavy atom. The van der Waals surface area contributed by atoms with Gasteiger partial charge in [0, 0.05) is 10.7 Å². The summed E-state index contributed by atoms with van der Waals surface area (Å²) >= 11 is 5.75. The van der Waals surface area contributed by atoms with Crippen molar-refractivity contribution in [3.63, 3.8) is 0 Å². The summed E-state index contributed by atoms with van der Waals surface area (Å²) in [5.74, 6) is -2.19. The summed E-state index contributed by atoms with van der Waals surface area (Å²) < 4.78 is 38.7. The third kappa shape index (κ3) is 5.99. The molecule has 0 bridgehead atoms. The lowest BCUT2D eigenvalue weighted by molar-refractivity contribution is -0.146. The van der Waals surface area contributed by atoms with Gasteiger partial charge in [0.05, 0.1) is 12.5 Å². The van der Waals surface area contributed by atoms with Gasteiger partial charge < -0.3 is 10.6 Å². The van der Waals surface area contributed by atoms with Crippen molar-refractivity contribution in [2.45, 2.75) is 32.5 Å². The third-order valence-electron chi connectivity index (χ3n) is 4.07. The standard InChI is InChI=1S/C19H18ClF3N2O2/c1-11-4-3-5-15(12(11)2)24-17(26)18(27)25-16(10-19(21,22)23)13-6-8-14(20)9-7-13/h3-9,16H,10H2,1-2H3,(H,24,26)(H,25,27)/t16-/m1/s1. The highest BCUT2D eigenvalue weighted by molar-refractivity contribution is 6.39. The van der Waals surface area contributed by atoms with Gasteiger partial charge in [-0.05, 0) is 48.7 Å². The lowest BCUT2D eigenvalue weighted by Crippen LogP contribution is -2.39. The topological polar surface area (TPSA) is 58.2 Å². The summed E-state index contributed by atoms with van der Waals surface area (Å²) in [4.78, 5) is 24.3. The van der Waals surface area contributed by atoms with Crippen LogP contribution in [-0.2, 0) is 9.59 Å². The molecule has 0 aliphatic rings. The molecule has 2 rings (SSSR count). The van der Waals surface area contributed by atoms with E-state index in [0.717, 1.165) is 11.1 Å². The van der Waals surface area contributed by atoms with Crippen molar-refractivity contribution < 1.29 is 22.8 Å². The Bertz CT molecular complexity index is 836. The highest BCUT2D eigenvalue weighted by Crippen LogP contribution is 2.30. The first-order valence-electron chi connectivity index (χ1n) is 8.07. The minimum Gasteiger partial charge on any atom is -0.341 e. The van der Waals surface area contributed by atoms with Gasteiger partial charge in [0.15, 0.2) is 0 Å². The van der Waals surface area contributed by atoms with E-state index in [1.165, 1.54) is 24.3 Å². The minimum absolute atomic E-state index is 0.199. The second-order valence-corrected chi connectivity index (χ2v) is 6.53. The summed E-state index contributed by atoms with van der Waals surface area (Å²) in [6, 6.07) is 9.34. The first-order chi connectivity index (χ1) is 12.6. The van der Waals surface area contributed by atoms with Crippen LogP contribution < -0.4 is 10.6 Å². The molecule has 144 valence electrons. The molecule has 2 aromatic carbocycles. The Balaban J connectivity index is 2.15. The fourth-order valence-electron chi connectivity index (χ4n) is 2.47. The predicted molar refractivity (Wildman–Crippen MR) is 97.6 cm³/mol. The van der Waals surface area contributed by atoms with Crippen LogP contribution in [0.3, 0.4) is 0 Å². The molecule has 0 radical (unpaired) electrons. The molecule has 0 unspecified atom stereocenters. The molecule has 0 aromatic heterocycles. The number of hydrogen-bond donors (Lipinski definition) is 2. The van der Waals surface area contributed by atoms with Crippen LogP contribution >= 0.6 is 11.6 Å². The molecule has 1 atom stereocenters. The molecule has 0 saturated heterocycles. The summed E-state index contributed by atoms with van der Waals surface area (Å²) in [5.41, 5.74) is 2.30. The first kappa shape index (κ1) is 20.8. The van der Waals surface area contributed by atoms with Crippen LogP contribution in [0.2, 0.25) is 5.02 Å². The zero-order valence-electron chi connectivity index (χ0n) is 14.7. The number of carbonyl (C=O) groups excluding carboxylic acids is 2. The van der Waals surface area contributed by atoms with Gasteiger partial charge in [0.2, 0.25) is 0 Å². The van der Waals surface area contributed by atoms with Gasteiger partial charge in [-0.25, -0.2) is 0 Å². The molecule has 2 aromatic rings. The molecule has 0 saturated carbocycles. The van der Waals surface area contributed by atoms with Crippen molar-refractivity contribution in [3.8, 4) is 0 Å². The molecule has 27 heavy (non-hydrogen) atoms. The number of hydrogen-bond acceptors (Lipinski definition) is 2. The largest absolute Gasteiger partial charge is 0.391 e. The Morgan fingerprint density at radius 3 is 2.26 bits per heavy atom. The maximum atomic E-state index is 12.9. The van der Waals surface area contributed by atoms with E-state index in [-0.39, 0.29) is 5.56 Å². The number of nitrogens with one attached hydrogen (secondary N) is 2. The zero-order valence-corrected chi connectivity index (χ0v) is 15.4. The van der Waals surface area contributed by atoms with Gasteiger partial charge in [0.1, 0.15) is 0 Å². The SMILES string of the molecule is Cc1cccc(NC(=O)C(=O)N[C@H](CC(F)(F)F)c2ccc(Cl)cc2)c1C. The highest BCUT2D eigenvalue weighted by atomic mass is 35.5. The van der Waals surface area contributed by atoms with Gasteiger partial charge in [-0.15, -0.1) is 0 Å². The van der Waals surface area contributed by atoms with Gasteiger partial charge in [-0.2, -0.15) is 13.2 Å². The molecule has 0 fully saturated rings. The number of rotatable bonds is 4. The lowest BCUT2D eigenvalue weighted by Gasteiger charge is -2.21. The van der Waals surface area contributed by atoms with Crippen LogP contribution in [0.1, 0.15) is 29.2 Å². The normalized spacial score (nSPS) is 12.4. The second kappa shape index (κ2) is 8.43. The van der Waals surface area contributed by atoms with Crippen molar-refractivity contribution in [3.05, 3.63) is 64.2 Å². The Kier molecular flexibility index (Phi) is 6.49. The van der Waals surface area contributed by atoms with Crippen LogP contribution in [0.4, 0.5) is 18.9 Å². The summed E-state index contributed by atoms with van der Waals surface area (Å²) in [5, 5.41) is 4.93. The smallest absolute Gasteiger partial charge is 0.341 e. The fourth-order valence-corrected chi connectivity index (χ4v) is 2.59. The van der Waals surface area contributed by atoms with E-state index in [1.54, 1.807) is 19.1 Å². The van der Waals surface area contributed by atoms with Gasteiger partial charge >= 0.3 is 18.0 Å². The maximum Gasteiger partial charge on any atom is 0.391 e. The number of halogens is 4. The number of benzene rings is 2. The molecule has 0 aliphatic heterocycles. The first-order valence-corrected chi connectivity index (χ1v) is 8.45. The van der Waals surface area contributed by atoms with Crippen molar-refractivity contribution in [2.75, 3.05) is 5.32 Å². The summed E-state index contributed by atoms with van der Waals surface area (Å²) in [7, 11) is 0. The molecule has 2 N–H and O–H groups in total. The molecular weight excluding hydrogens is 381 g/mol. The molecule has 0 heterocycles. The van der Waals surface area contributed by atoms with Crippen LogP contribution in [0, 0.1) is 13.8 Å². The molecule has 2 amide bonds. The molecule has 8 heteroatoms. The Hall–Kier alpha value is -2.54. The Morgan fingerprint density at radius 1 is 1.04 bits per heavy atom. The predicted octanol–water partition coefficient (Wildman–Crippen LogP) is 4.71. The van der Waals surface area contributed by atoms with Crippen LogP contribution in [0.5, 0.6) is 0 Å². The van der Waals surface area contributed by atoms with E-state index in [9.17, 15) is 22.8 Å². The monoisotopic (exact) mass is 398 g/mol. The third-order valence-corrected chi connectivity index (χ3v) is 4.32. The van der Waals surface area contributed by atoms with Crippen LogP contribution in [-0.4, -0.2) is 18.0 Å². The molecule has 4 nitrogen and oxygen atoms in total. The van der Waals surface area contributed by atoms with E-state index in [2.05, 4.69) is 10.6 Å². The highest BCUT2D eigenvalue weighted by Gasteiger charge is 2.34. The maximum absolute atomic E-state index is 12.9. The van der Waals surface area contributed by atoms with Crippen LogP contribution in [0.25, 0.3) is 0 Å². The van der Waals surface area contributed by atoms with E-state index in [1.807, 2.05) is 13.0 Å². The number of anilines is 1. The van der Waals surface area contributed by atoms with Crippen molar-refractivity contribution in [1.82, 2.24) is 5.32 Å². The summed E-state index contributed by atoms with van der Waals surface area (Å²) in [6.45, 7) is 3.61. The van der Waals surface area contributed by atoms with Gasteiger partial charge in [-0.1, -0.05) is 35.9 Å². The van der Waals surface area contributed by atoms with E-state index in [4.69, 9.17) is 11.6 Å². The average molecular weight is 399 g/mol. The second-order valence-electron chi connectivity index (χ2n) is 6.10. The lowest BCUT2D eigenvalue weighted by atomic mass is 10.0. The van der Waals surface area contributed by atoms with Crippen LogP contribution in [0.15, 0.2) is 42.5 Å². The van der Waals surface area contributed by atoms with E-state index in [0.29, 0.717) is 10.7 Å². The quantitative estimate of drug-likeness (QED) is 0.733. The zero-order chi connectivity index (χ0) is 20.2. The number of amides is 2. The van der Waals surface area contributed by atoms with Crippen molar-refractivity contribution in [1.29, 1.82) is 0 Å². The van der Waals surface area contributed by atoms with Crippen molar-refractivity contribution >= 4 is 29.1 Å². The molecular formula is C19H18ClF3N2O2. The Labute approximate surface area is 159 Å². The summed E-state index contributed by atoms with van der Waals surface area (Å²) in [6.07, 6.45) is -5.84. The van der Waals surface area contributed by atoms with Gasteiger partial charge in [0.25, 0.3) is 0 Å². The number of aryl methyl sites for hydroxylation is 1. The number of alkyl halides is 3. The number of carbonyl (C=O) groups is 2.